The molecule has 0 radical (unpaired) electrons. The Hall–Kier alpha value is 1.17. The Morgan fingerprint density at radius 3 is 0.765 bits per heavy atom. The van der Waals surface area contributed by atoms with Crippen molar-refractivity contribution in [1.82, 2.24) is 0 Å². The normalized spacial score (nSPS) is 8.65. The van der Waals surface area contributed by atoms with Crippen molar-refractivity contribution in [2.24, 2.45) is 10.8 Å². The second kappa shape index (κ2) is 19.5. The maximum atomic E-state index is 8.40. The summed E-state index contributed by atoms with van der Waals surface area (Å²) >= 11 is 1.06. The predicted octanol–water partition coefficient (Wildman–Crippen LogP) is 3.19. The Morgan fingerprint density at radius 2 is 0.765 bits per heavy atom. The van der Waals surface area contributed by atoms with Crippen molar-refractivity contribution >= 4 is 37.2 Å². The van der Waals surface area contributed by atoms with E-state index in [4.69, 9.17) is 13.9 Å². The zero-order chi connectivity index (χ0) is 12.4. The van der Waals surface area contributed by atoms with E-state index in [0.717, 1.165) is 17.4 Å². The van der Waals surface area contributed by atoms with Crippen molar-refractivity contribution in [1.29, 1.82) is 0 Å². The fourth-order valence-electron chi connectivity index (χ4n) is 0. The molecular weight excluding hydrogens is 325 g/mol. The summed E-state index contributed by atoms with van der Waals surface area (Å²) in [7, 11) is 0. The molecule has 2 N–H and O–H groups in total. The van der Waals surface area contributed by atoms with Crippen molar-refractivity contribution < 1.29 is 31.3 Å². The van der Waals surface area contributed by atoms with Crippen LogP contribution in [0.5, 0.6) is 0 Å². The second-order valence-electron chi connectivity index (χ2n) is 5.44. The SMILES string of the molecule is CC(C)(C)CO.CC(C)(C)CO.Cl.Cl.Cl.[O]=[V]. The third kappa shape index (κ3) is 76.8. The Kier molecular flexibility index (Phi) is 41.5. The molecule has 7 heteroatoms. The van der Waals surface area contributed by atoms with E-state index in [1.807, 2.05) is 41.5 Å². The van der Waals surface area contributed by atoms with Gasteiger partial charge in [0, 0.05) is 13.2 Å². The van der Waals surface area contributed by atoms with Crippen molar-refractivity contribution in [3.63, 3.8) is 0 Å². The first-order valence-electron chi connectivity index (χ1n) is 4.52. The van der Waals surface area contributed by atoms with Gasteiger partial charge < -0.3 is 10.2 Å². The van der Waals surface area contributed by atoms with Crippen LogP contribution >= 0.6 is 37.2 Å². The molecule has 0 aromatic rings. The molecule has 0 unspecified atom stereocenters. The van der Waals surface area contributed by atoms with Crippen molar-refractivity contribution in [2.75, 3.05) is 13.2 Å². The minimum absolute atomic E-state index is 0. The zero-order valence-corrected chi connectivity index (χ0v) is 15.2. The van der Waals surface area contributed by atoms with Gasteiger partial charge in [-0.3, -0.25) is 0 Å². The van der Waals surface area contributed by atoms with Crippen LogP contribution in [0.15, 0.2) is 0 Å². The fraction of sp³-hybridized carbons (Fsp3) is 1.00. The van der Waals surface area contributed by atoms with Gasteiger partial charge in [0.1, 0.15) is 0 Å². The molecule has 0 spiro atoms. The molecule has 17 heavy (non-hydrogen) atoms. The van der Waals surface area contributed by atoms with Crippen LogP contribution in [0.1, 0.15) is 41.5 Å². The summed E-state index contributed by atoms with van der Waals surface area (Å²) in [5.41, 5.74) is 0.194. The van der Waals surface area contributed by atoms with Crippen LogP contribution < -0.4 is 0 Å². The maximum absolute atomic E-state index is 8.40. The van der Waals surface area contributed by atoms with Crippen molar-refractivity contribution in [3.05, 3.63) is 0 Å². The summed E-state index contributed by atoms with van der Waals surface area (Å²) in [5, 5.41) is 16.8. The van der Waals surface area contributed by atoms with Gasteiger partial charge in [-0.15, -0.1) is 37.2 Å². The minimum atomic E-state index is 0. The van der Waals surface area contributed by atoms with Gasteiger partial charge in [0.15, 0.2) is 0 Å². The average Bonchev–Trinajstić information content (AvgIpc) is 2.07. The standard InChI is InChI=1S/2C5H12O.3ClH.O.V/c2*1-5(2,3)4-6;;;;;/h2*6H,4H2,1-3H3;3*1H;;. The van der Waals surface area contributed by atoms with Gasteiger partial charge >= 0.3 is 21.0 Å². The molecule has 111 valence electrons. The topological polar surface area (TPSA) is 57.5 Å². The monoisotopic (exact) mass is 351 g/mol. The van der Waals surface area contributed by atoms with Gasteiger partial charge in [-0.1, -0.05) is 41.5 Å². The molecule has 0 aliphatic carbocycles. The molecule has 0 aromatic carbocycles. The van der Waals surface area contributed by atoms with Gasteiger partial charge in [0.05, 0.1) is 0 Å². The number of hydrogen-bond donors (Lipinski definition) is 2. The quantitative estimate of drug-likeness (QED) is 0.704. The second-order valence-corrected chi connectivity index (χ2v) is 5.44. The van der Waals surface area contributed by atoms with E-state index < -0.39 is 0 Å². The molecule has 0 saturated heterocycles. The van der Waals surface area contributed by atoms with Gasteiger partial charge in [-0.05, 0) is 10.8 Å². The van der Waals surface area contributed by atoms with E-state index in [2.05, 4.69) is 0 Å². The van der Waals surface area contributed by atoms with E-state index >= 15 is 0 Å². The summed E-state index contributed by atoms with van der Waals surface area (Å²) in [4.78, 5) is 0. The van der Waals surface area contributed by atoms with E-state index in [9.17, 15) is 0 Å². The Morgan fingerprint density at radius 1 is 0.706 bits per heavy atom. The number of halogens is 3. The summed E-state index contributed by atoms with van der Waals surface area (Å²) < 4.78 is 8.19. The first kappa shape index (κ1) is 36.2. The number of hydrogen-bond acceptors (Lipinski definition) is 3. The summed E-state index contributed by atoms with van der Waals surface area (Å²) in [6.45, 7) is 12.5. The van der Waals surface area contributed by atoms with Crippen LogP contribution in [0.2, 0.25) is 0 Å². The zero-order valence-electron chi connectivity index (χ0n) is 11.4. The predicted molar refractivity (Wildman–Crippen MR) is 75.5 cm³/mol. The molecule has 0 amide bonds. The Bertz CT molecular complexity index is 111. The number of aliphatic hydroxyl groups excluding tert-OH is 2. The van der Waals surface area contributed by atoms with Crippen LogP contribution in [0.25, 0.3) is 0 Å². The van der Waals surface area contributed by atoms with Crippen LogP contribution in [0.4, 0.5) is 0 Å². The van der Waals surface area contributed by atoms with Crippen LogP contribution in [-0.2, 0) is 21.0 Å². The van der Waals surface area contributed by atoms with Gasteiger partial charge in [-0.2, -0.15) is 0 Å². The van der Waals surface area contributed by atoms with E-state index in [0.29, 0.717) is 0 Å². The first-order chi connectivity index (χ1) is 6.12. The van der Waals surface area contributed by atoms with Gasteiger partial charge in [0.25, 0.3) is 0 Å². The molecule has 0 rings (SSSR count). The van der Waals surface area contributed by atoms with Crippen molar-refractivity contribution in [3.8, 4) is 0 Å². The van der Waals surface area contributed by atoms with Crippen molar-refractivity contribution in [2.45, 2.75) is 41.5 Å². The Balaban J connectivity index is -0.0000000268. The van der Waals surface area contributed by atoms with Gasteiger partial charge in [-0.25, -0.2) is 0 Å². The molecule has 0 atom stereocenters. The summed E-state index contributed by atoms with van der Waals surface area (Å²) in [6.07, 6.45) is 0. The molecule has 0 heterocycles. The van der Waals surface area contributed by atoms with E-state index in [1.54, 1.807) is 0 Å². The van der Waals surface area contributed by atoms with Gasteiger partial charge in [0.2, 0.25) is 0 Å². The molecule has 0 aliphatic heterocycles. The summed E-state index contributed by atoms with van der Waals surface area (Å²) in [5.74, 6) is 0. The number of rotatable bonds is 0. The molecule has 0 aliphatic rings. The average molecular weight is 353 g/mol. The fourth-order valence-corrected chi connectivity index (χ4v) is 0. The third-order valence-electron chi connectivity index (χ3n) is 0.949. The van der Waals surface area contributed by atoms with E-state index in [1.165, 1.54) is 0 Å². The molecule has 0 fully saturated rings. The first-order valence-corrected chi connectivity index (χ1v) is 5.09. The van der Waals surface area contributed by atoms with Crippen LogP contribution in [0, 0.1) is 10.8 Å². The number of aliphatic hydroxyl groups is 2. The van der Waals surface area contributed by atoms with Crippen LogP contribution in [0.3, 0.4) is 0 Å². The van der Waals surface area contributed by atoms with Crippen LogP contribution in [-0.4, -0.2) is 23.4 Å². The molecule has 0 bridgehead atoms. The summed E-state index contributed by atoms with van der Waals surface area (Å²) in [6, 6.07) is 0. The molecule has 0 saturated carbocycles. The molecule has 3 nitrogen and oxygen atoms in total. The third-order valence-corrected chi connectivity index (χ3v) is 0.949. The molecule has 0 aromatic heterocycles. The Labute approximate surface area is 134 Å². The van der Waals surface area contributed by atoms with E-state index in [-0.39, 0.29) is 61.3 Å². The molecular formula is C10H27Cl3O3V.